The van der Waals surface area contributed by atoms with E-state index in [9.17, 15) is 5.26 Å². The summed E-state index contributed by atoms with van der Waals surface area (Å²) in [4.78, 5) is 4.63. The van der Waals surface area contributed by atoms with Crippen molar-refractivity contribution < 1.29 is 9.94 Å². The molecule has 3 aromatic rings. The van der Waals surface area contributed by atoms with Crippen LogP contribution in [0, 0.1) is 16.7 Å². The summed E-state index contributed by atoms with van der Waals surface area (Å²) in [5, 5.41) is 27.7. The maximum Gasteiger partial charge on any atom is 0.216 e. The van der Waals surface area contributed by atoms with Gasteiger partial charge in [-0.15, -0.1) is 0 Å². The quantitative estimate of drug-likeness (QED) is 0.335. The summed E-state index contributed by atoms with van der Waals surface area (Å²) in [6, 6.07) is 17.7. The van der Waals surface area contributed by atoms with Crippen LogP contribution in [0.15, 0.2) is 48.5 Å². The third kappa shape index (κ3) is 4.05. The average Bonchev–Trinajstić information content (AvgIpc) is 2.77. The number of pyridine rings is 1. The van der Waals surface area contributed by atoms with Crippen molar-refractivity contribution >= 4 is 16.7 Å². The number of hydrogen-bond acceptors (Lipinski definition) is 5. The lowest BCUT2D eigenvalue weighted by atomic mass is 9.78. The smallest absolute Gasteiger partial charge is 0.216 e. The predicted molar refractivity (Wildman–Crippen MR) is 113 cm³/mol. The van der Waals surface area contributed by atoms with Crippen LogP contribution in [0.3, 0.4) is 0 Å². The minimum absolute atomic E-state index is 0.0840. The van der Waals surface area contributed by atoms with E-state index in [1.807, 2.05) is 42.7 Å². The highest BCUT2D eigenvalue weighted by atomic mass is 16.5. The number of methoxy groups -OCH3 is 1. The highest BCUT2D eigenvalue weighted by Gasteiger charge is 2.28. The molecule has 1 aromatic heterocycles. The van der Waals surface area contributed by atoms with Crippen molar-refractivity contribution in [1.29, 1.82) is 10.7 Å². The number of aromatic nitrogens is 1. The van der Waals surface area contributed by atoms with E-state index in [4.69, 9.17) is 15.4 Å². The zero-order valence-corrected chi connectivity index (χ0v) is 16.8. The lowest BCUT2D eigenvalue weighted by molar-refractivity contribution is 0.234. The molecule has 0 aliphatic carbocycles. The second-order valence-corrected chi connectivity index (χ2v) is 7.23. The third-order valence-corrected chi connectivity index (χ3v) is 5.20. The van der Waals surface area contributed by atoms with E-state index >= 15 is 0 Å². The van der Waals surface area contributed by atoms with E-state index in [2.05, 4.69) is 24.0 Å². The van der Waals surface area contributed by atoms with Gasteiger partial charge in [0.25, 0.3) is 0 Å². The summed E-state index contributed by atoms with van der Waals surface area (Å²) in [7, 11) is 1.61. The maximum atomic E-state index is 9.99. The molecule has 148 valence electrons. The number of ether oxygens (including phenoxy) is 1. The zero-order chi connectivity index (χ0) is 21.0. The van der Waals surface area contributed by atoms with Gasteiger partial charge in [0.2, 0.25) is 5.88 Å². The first kappa shape index (κ1) is 20.3. The van der Waals surface area contributed by atoms with E-state index in [0.29, 0.717) is 17.9 Å². The van der Waals surface area contributed by atoms with Crippen LogP contribution in [0.25, 0.3) is 10.9 Å². The second-order valence-electron chi connectivity index (χ2n) is 7.23. The second kappa shape index (κ2) is 8.29. The Morgan fingerprint density at radius 2 is 2.07 bits per heavy atom. The van der Waals surface area contributed by atoms with Gasteiger partial charge in [0.05, 0.1) is 24.1 Å². The highest BCUT2D eigenvalue weighted by molar-refractivity contribution is 5.95. The van der Waals surface area contributed by atoms with Crippen molar-refractivity contribution in [1.82, 2.24) is 10.5 Å². The van der Waals surface area contributed by atoms with Crippen LogP contribution in [-0.4, -0.2) is 23.1 Å². The molecule has 3 N–H and O–H groups in total. The van der Waals surface area contributed by atoms with Crippen LogP contribution in [0.4, 0.5) is 0 Å². The summed E-state index contributed by atoms with van der Waals surface area (Å²) in [5.41, 5.74) is 5.24. The number of hydrogen-bond donors (Lipinski definition) is 3. The monoisotopic (exact) mass is 388 g/mol. The predicted octanol–water partition coefficient (Wildman–Crippen LogP) is 4.13. The molecule has 0 radical (unpaired) electrons. The van der Waals surface area contributed by atoms with Gasteiger partial charge in [0.1, 0.15) is 5.84 Å². The Bertz CT molecular complexity index is 1100. The summed E-state index contributed by atoms with van der Waals surface area (Å²) in [5.74, 6) is 0.526. The molecule has 0 aliphatic rings. The molecule has 6 heteroatoms. The zero-order valence-electron chi connectivity index (χ0n) is 16.8. The number of nitrogens with one attached hydrogen (secondary N) is 2. The lowest BCUT2D eigenvalue weighted by Gasteiger charge is -2.23. The van der Waals surface area contributed by atoms with Crippen molar-refractivity contribution in [3.8, 4) is 11.9 Å². The molecule has 6 nitrogen and oxygen atoms in total. The van der Waals surface area contributed by atoms with Gasteiger partial charge in [0.15, 0.2) is 0 Å². The molecule has 1 atom stereocenters. The fourth-order valence-electron chi connectivity index (χ4n) is 3.48. The molecule has 0 amide bonds. The minimum Gasteiger partial charge on any atom is -0.481 e. The molecule has 0 fully saturated rings. The number of nitrogens with zero attached hydrogens (tertiary/aromatic N) is 2. The number of rotatable bonds is 6. The van der Waals surface area contributed by atoms with Gasteiger partial charge >= 0.3 is 0 Å². The molecule has 0 aliphatic heterocycles. The van der Waals surface area contributed by atoms with E-state index in [1.165, 1.54) is 0 Å². The first-order valence-electron chi connectivity index (χ1n) is 9.41. The number of amidine groups is 1. The number of nitriles is 1. The molecular formula is C23H24N4O2. The standard InChI is InChI=1S/C23H24N4O2/c1-4-16-11-17-8-9-19(12-20(17)26-22(16)29-3)23(2,14-24)13-15-6-5-7-18(10-15)21(25)27-28/h5-12,28H,4,13H2,1-3H3,(H2,25,27). The number of aryl methyl sites for hydroxylation is 1. The van der Waals surface area contributed by atoms with Gasteiger partial charge in [-0.2, -0.15) is 5.26 Å². The molecule has 29 heavy (non-hydrogen) atoms. The van der Waals surface area contributed by atoms with Gasteiger partial charge in [-0.25, -0.2) is 4.98 Å². The topological polar surface area (TPSA) is 102 Å². The summed E-state index contributed by atoms with van der Waals surface area (Å²) in [6.07, 6.45) is 1.30. The van der Waals surface area contributed by atoms with Gasteiger partial charge in [-0.3, -0.25) is 16.1 Å². The highest BCUT2D eigenvalue weighted by Crippen LogP contribution is 2.31. The Hall–Kier alpha value is -3.43. The average molecular weight is 388 g/mol. The molecule has 1 heterocycles. The lowest BCUT2D eigenvalue weighted by Crippen LogP contribution is -2.23. The van der Waals surface area contributed by atoms with Crippen LogP contribution in [0.1, 0.15) is 36.1 Å². The van der Waals surface area contributed by atoms with Gasteiger partial charge in [-0.1, -0.05) is 37.3 Å². The summed E-state index contributed by atoms with van der Waals surface area (Å²) >= 11 is 0. The maximum absolute atomic E-state index is 9.99. The van der Waals surface area contributed by atoms with Crippen LogP contribution in [-0.2, 0) is 18.3 Å². The van der Waals surface area contributed by atoms with E-state index in [1.54, 1.807) is 19.2 Å². The first-order chi connectivity index (χ1) is 13.9. The molecule has 0 bridgehead atoms. The number of hydroxylamine groups is 1. The van der Waals surface area contributed by atoms with Crippen LogP contribution >= 0.6 is 0 Å². The van der Waals surface area contributed by atoms with Crippen molar-refractivity contribution in [2.75, 3.05) is 7.11 Å². The van der Waals surface area contributed by atoms with Gasteiger partial charge < -0.3 is 4.74 Å². The van der Waals surface area contributed by atoms with Gasteiger partial charge in [0, 0.05) is 16.5 Å². The molecule has 0 spiro atoms. The van der Waals surface area contributed by atoms with Crippen molar-refractivity contribution in [3.63, 3.8) is 0 Å². The fraction of sp³-hybridized carbons (Fsp3) is 0.261. The van der Waals surface area contributed by atoms with Crippen molar-refractivity contribution in [3.05, 3.63) is 70.8 Å². The number of fused-ring (bicyclic) bond motifs is 1. The van der Waals surface area contributed by atoms with Crippen LogP contribution in [0.2, 0.25) is 0 Å². The first-order valence-corrected chi connectivity index (χ1v) is 9.41. The normalized spacial score (nSPS) is 12.8. The largest absolute Gasteiger partial charge is 0.481 e. The van der Waals surface area contributed by atoms with E-state index < -0.39 is 5.41 Å². The summed E-state index contributed by atoms with van der Waals surface area (Å²) < 4.78 is 5.42. The molecule has 0 saturated heterocycles. The van der Waals surface area contributed by atoms with E-state index in [-0.39, 0.29) is 5.84 Å². The van der Waals surface area contributed by atoms with E-state index in [0.717, 1.165) is 34.0 Å². The molecule has 3 rings (SSSR count). The van der Waals surface area contributed by atoms with Gasteiger partial charge in [-0.05, 0) is 49.1 Å². The third-order valence-electron chi connectivity index (χ3n) is 5.20. The molecule has 0 saturated carbocycles. The Balaban J connectivity index is 2.01. The fourth-order valence-corrected chi connectivity index (χ4v) is 3.48. The summed E-state index contributed by atoms with van der Waals surface area (Å²) in [6.45, 7) is 3.96. The number of benzene rings is 2. The minimum atomic E-state index is -0.778. The Morgan fingerprint density at radius 3 is 2.72 bits per heavy atom. The Labute approximate surface area is 170 Å². The van der Waals surface area contributed by atoms with Crippen LogP contribution in [0.5, 0.6) is 5.88 Å². The van der Waals surface area contributed by atoms with Crippen LogP contribution < -0.4 is 10.2 Å². The molecule has 1 unspecified atom stereocenters. The Morgan fingerprint density at radius 1 is 1.28 bits per heavy atom. The molecule has 2 aromatic carbocycles. The SMILES string of the molecule is CCc1cc2ccc(C(C)(C#N)Cc3cccc(C(=N)NO)c3)cc2nc1OC. The Kier molecular flexibility index (Phi) is 5.81. The van der Waals surface area contributed by atoms with Crippen molar-refractivity contribution in [2.24, 2.45) is 0 Å². The molecular weight excluding hydrogens is 364 g/mol. The van der Waals surface area contributed by atoms with Crippen molar-refractivity contribution in [2.45, 2.75) is 32.1 Å².